The molecule has 0 aromatic carbocycles. The molecule has 1 amide bonds. The van der Waals surface area contributed by atoms with Crippen LogP contribution in [-0.4, -0.2) is 42.1 Å². The first-order chi connectivity index (χ1) is 9.93. The number of methoxy groups -OCH3 is 1. The second-order valence-electron chi connectivity index (χ2n) is 4.77. The van der Waals surface area contributed by atoms with E-state index in [1.165, 1.54) is 7.11 Å². The van der Waals surface area contributed by atoms with E-state index in [0.29, 0.717) is 12.8 Å². The molecule has 0 bridgehead atoms. The van der Waals surface area contributed by atoms with Gasteiger partial charge in [-0.3, -0.25) is 9.59 Å². The number of nitrogens with two attached hydrogens (primary N) is 1. The minimum Gasteiger partial charge on any atom is -0.481 e. The van der Waals surface area contributed by atoms with Gasteiger partial charge in [-0.15, -0.1) is 0 Å². The highest BCUT2D eigenvalue weighted by Gasteiger charge is 2.26. The molecule has 0 saturated carbocycles. The maximum Gasteiger partial charge on any atom is 0.328 e. The summed E-state index contributed by atoms with van der Waals surface area (Å²) in [6, 6.07) is -2.06. The predicted octanol–water partition coefficient (Wildman–Crippen LogP) is 0.113. The Kier molecular flexibility index (Phi) is 6.61. The number of esters is 1. The van der Waals surface area contributed by atoms with Crippen LogP contribution in [0.15, 0.2) is 23.8 Å². The standard InChI is InChI=1S/C14H20N2O5/c1-21-14(20)11(7-9-5-3-2-4-6-9)16-13(19)10(15)8-12(17)18/h2-3,6,10-11H,4-5,7-8,15H2,1H3,(H,16,19)(H,17,18)/t10-,11-/m0/s1. The molecule has 0 spiro atoms. The quantitative estimate of drug-likeness (QED) is 0.453. The number of carboxylic acids is 1. The Morgan fingerprint density at radius 3 is 2.67 bits per heavy atom. The number of carboxylic acid groups (broad SMARTS) is 1. The van der Waals surface area contributed by atoms with E-state index in [9.17, 15) is 14.4 Å². The molecule has 0 aliphatic heterocycles. The summed E-state index contributed by atoms with van der Waals surface area (Å²) in [5, 5.41) is 11.1. The van der Waals surface area contributed by atoms with Crippen molar-refractivity contribution in [3.63, 3.8) is 0 Å². The first-order valence-electron chi connectivity index (χ1n) is 6.62. The Morgan fingerprint density at radius 1 is 1.43 bits per heavy atom. The van der Waals surface area contributed by atoms with Gasteiger partial charge in [0.05, 0.1) is 19.6 Å². The fourth-order valence-electron chi connectivity index (χ4n) is 1.97. The van der Waals surface area contributed by atoms with Gasteiger partial charge in [0.2, 0.25) is 5.91 Å². The maximum atomic E-state index is 11.8. The third kappa shape index (κ3) is 5.78. The number of nitrogens with one attached hydrogen (secondary N) is 1. The number of hydrogen-bond donors (Lipinski definition) is 3. The number of ether oxygens (including phenoxy) is 1. The Hall–Kier alpha value is -2.15. The Morgan fingerprint density at radius 2 is 2.14 bits per heavy atom. The smallest absolute Gasteiger partial charge is 0.328 e. The van der Waals surface area contributed by atoms with Crippen molar-refractivity contribution < 1.29 is 24.2 Å². The molecule has 0 aromatic rings. The first kappa shape index (κ1) is 16.9. The van der Waals surface area contributed by atoms with Crippen LogP contribution in [0.5, 0.6) is 0 Å². The van der Waals surface area contributed by atoms with E-state index in [1.54, 1.807) is 0 Å². The van der Waals surface area contributed by atoms with Crippen LogP contribution in [0.2, 0.25) is 0 Å². The molecule has 0 saturated heterocycles. The lowest BCUT2D eigenvalue weighted by molar-refractivity contribution is -0.145. The molecule has 116 valence electrons. The van der Waals surface area contributed by atoms with E-state index < -0.39 is 36.4 Å². The van der Waals surface area contributed by atoms with Crippen LogP contribution in [0, 0.1) is 0 Å². The molecule has 4 N–H and O–H groups in total. The van der Waals surface area contributed by atoms with Crippen LogP contribution in [0.4, 0.5) is 0 Å². The maximum absolute atomic E-state index is 11.8. The van der Waals surface area contributed by atoms with E-state index in [2.05, 4.69) is 10.1 Å². The molecular formula is C14H20N2O5. The van der Waals surface area contributed by atoms with Crippen LogP contribution >= 0.6 is 0 Å². The Labute approximate surface area is 122 Å². The van der Waals surface area contributed by atoms with Crippen LogP contribution in [-0.2, 0) is 19.1 Å². The van der Waals surface area contributed by atoms with Crippen LogP contribution < -0.4 is 11.1 Å². The third-order valence-corrected chi connectivity index (χ3v) is 3.09. The van der Waals surface area contributed by atoms with E-state index in [0.717, 1.165) is 12.0 Å². The zero-order chi connectivity index (χ0) is 15.8. The summed E-state index contributed by atoms with van der Waals surface area (Å²) in [6.07, 6.45) is 7.31. The molecule has 1 rings (SSSR count). The van der Waals surface area contributed by atoms with E-state index in [4.69, 9.17) is 10.8 Å². The van der Waals surface area contributed by atoms with Crippen molar-refractivity contribution in [3.05, 3.63) is 23.8 Å². The lowest BCUT2D eigenvalue weighted by Gasteiger charge is -2.20. The van der Waals surface area contributed by atoms with Crippen molar-refractivity contribution in [2.75, 3.05) is 7.11 Å². The molecule has 0 fully saturated rings. The molecule has 7 heteroatoms. The van der Waals surface area contributed by atoms with Gasteiger partial charge >= 0.3 is 11.9 Å². The van der Waals surface area contributed by atoms with E-state index >= 15 is 0 Å². The number of amides is 1. The highest BCUT2D eigenvalue weighted by molar-refractivity contribution is 5.89. The van der Waals surface area contributed by atoms with Crippen LogP contribution in [0.25, 0.3) is 0 Å². The van der Waals surface area contributed by atoms with Gasteiger partial charge in [0.1, 0.15) is 6.04 Å². The molecule has 1 aliphatic rings. The molecule has 0 unspecified atom stereocenters. The first-order valence-corrected chi connectivity index (χ1v) is 6.62. The third-order valence-electron chi connectivity index (χ3n) is 3.09. The average Bonchev–Trinajstić information content (AvgIpc) is 2.46. The average molecular weight is 296 g/mol. The highest BCUT2D eigenvalue weighted by atomic mass is 16.5. The van der Waals surface area contributed by atoms with Gasteiger partial charge in [-0.25, -0.2) is 4.79 Å². The van der Waals surface area contributed by atoms with Crippen molar-refractivity contribution >= 4 is 17.8 Å². The molecule has 7 nitrogen and oxygen atoms in total. The minimum atomic E-state index is -1.20. The molecule has 0 heterocycles. The molecule has 0 aromatic heterocycles. The summed E-state index contributed by atoms with van der Waals surface area (Å²) in [7, 11) is 1.23. The predicted molar refractivity (Wildman–Crippen MR) is 75.2 cm³/mol. The molecular weight excluding hydrogens is 276 g/mol. The lowest BCUT2D eigenvalue weighted by atomic mass is 9.98. The second kappa shape index (κ2) is 8.21. The van der Waals surface area contributed by atoms with Crippen molar-refractivity contribution in [3.8, 4) is 0 Å². The number of rotatable bonds is 7. The zero-order valence-corrected chi connectivity index (χ0v) is 11.9. The number of allylic oxidation sites excluding steroid dienone is 3. The lowest BCUT2D eigenvalue weighted by Crippen LogP contribution is -2.49. The van der Waals surface area contributed by atoms with E-state index in [-0.39, 0.29) is 0 Å². The summed E-state index contributed by atoms with van der Waals surface area (Å²) >= 11 is 0. The van der Waals surface area contributed by atoms with Gasteiger partial charge in [0.25, 0.3) is 0 Å². The van der Waals surface area contributed by atoms with Crippen molar-refractivity contribution in [1.29, 1.82) is 0 Å². The van der Waals surface area contributed by atoms with Gasteiger partial charge < -0.3 is 20.9 Å². The van der Waals surface area contributed by atoms with Crippen molar-refractivity contribution in [1.82, 2.24) is 5.32 Å². The Balaban J connectivity index is 2.65. The number of aliphatic carboxylic acids is 1. The van der Waals surface area contributed by atoms with Gasteiger partial charge in [-0.2, -0.15) is 0 Å². The van der Waals surface area contributed by atoms with Crippen molar-refractivity contribution in [2.45, 2.75) is 37.8 Å². The largest absolute Gasteiger partial charge is 0.481 e. The molecule has 1 aliphatic carbocycles. The zero-order valence-electron chi connectivity index (χ0n) is 11.9. The highest BCUT2D eigenvalue weighted by Crippen LogP contribution is 2.17. The van der Waals surface area contributed by atoms with Gasteiger partial charge in [0.15, 0.2) is 0 Å². The number of carbonyl (C=O) groups excluding carboxylic acids is 2. The fraction of sp³-hybridized carbons (Fsp3) is 0.500. The summed E-state index contributed by atoms with van der Waals surface area (Å²) < 4.78 is 4.66. The summed E-state index contributed by atoms with van der Waals surface area (Å²) in [5.74, 6) is -2.44. The fourth-order valence-corrected chi connectivity index (χ4v) is 1.97. The summed E-state index contributed by atoms with van der Waals surface area (Å²) in [6.45, 7) is 0. The molecule has 0 radical (unpaired) electrons. The topological polar surface area (TPSA) is 119 Å². The summed E-state index contributed by atoms with van der Waals surface area (Å²) in [5.41, 5.74) is 6.48. The second-order valence-corrected chi connectivity index (χ2v) is 4.77. The SMILES string of the molecule is COC(=O)[C@H](CC1=CCC=CC1)NC(=O)[C@@H](N)CC(=O)O. The normalized spacial score (nSPS) is 16.6. The van der Waals surface area contributed by atoms with Crippen LogP contribution in [0.3, 0.4) is 0 Å². The minimum absolute atomic E-state index is 0.322. The van der Waals surface area contributed by atoms with Gasteiger partial charge in [0, 0.05) is 0 Å². The molecule has 21 heavy (non-hydrogen) atoms. The van der Waals surface area contributed by atoms with Gasteiger partial charge in [-0.1, -0.05) is 23.8 Å². The van der Waals surface area contributed by atoms with E-state index in [1.807, 2.05) is 18.2 Å². The monoisotopic (exact) mass is 296 g/mol. The Bertz CT molecular complexity index is 470. The number of hydrogen-bond acceptors (Lipinski definition) is 5. The molecule has 2 atom stereocenters. The van der Waals surface area contributed by atoms with Crippen molar-refractivity contribution in [2.24, 2.45) is 5.73 Å². The van der Waals surface area contributed by atoms with Gasteiger partial charge in [-0.05, 0) is 19.3 Å². The van der Waals surface area contributed by atoms with Crippen LogP contribution in [0.1, 0.15) is 25.7 Å². The summed E-state index contributed by atoms with van der Waals surface area (Å²) in [4.78, 5) is 34.1. The number of carbonyl (C=O) groups is 3.